The molecule has 0 aliphatic rings. The summed E-state index contributed by atoms with van der Waals surface area (Å²) >= 11 is 0. The van der Waals surface area contributed by atoms with Crippen molar-refractivity contribution in [2.45, 2.75) is 19.8 Å². The molecule has 1 atom stereocenters. The van der Waals surface area contributed by atoms with Gasteiger partial charge in [0.2, 0.25) is 5.91 Å². The fraction of sp³-hybridized carbons (Fsp3) is 0.308. The topological polar surface area (TPSA) is 42.2 Å². The normalized spacial score (nSPS) is 12.6. The molecule has 3 heteroatoms. The first-order valence-electron chi connectivity index (χ1n) is 5.39. The lowest BCUT2D eigenvalue weighted by Gasteiger charge is -2.07. The van der Waals surface area contributed by atoms with E-state index < -0.39 is 0 Å². The molecule has 0 fully saturated rings. The number of benzene rings is 1. The number of amides is 1. The summed E-state index contributed by atoms with van der Waals surface area (Å²) in [5.41, 5.74) is 0.896. The van der Waals surface area contributed by atoms with Crippen molar-refractivity contribution in [2.75, 3.05) is 6.54 Å². The molecule has 0 radical (unpaired) electrons. The van der Waals surface area contributed by atoms with E-state index in [0.29, 0.717) is 6.54 Å². The van der Waals surface area contributed by atoms with Crippen LogP contribution in [-0.4, -0.2) is 12.5 Å². The first-order chi connectivity index (χ1) is 7.66. The molecule has 1 aromatic carbocycles. The van der Waals surface area contributed by atoms with Gasteiger partial charge in [0.25, 0.3) is 0 Å². The second-order valence-electron chi connectivity index (χ2n) is 4.02. The van der Waals surface area contributed by atoms with Crippen LogP contribution in [0.3, 0.4) is 0 Å². The average Bonchev–Trinajstić information content (AvgIpc) is 2.69. The maximum atomic E-state index is 10.8. The maximum Gasteiger partial charge on any atom is 0.216 e. The number of carbonyl (C=O) groups excluding carboxylic acids is 1. The van der Waals surface area contributed by atoms with E-state index >= 15 is 0 Å². The number of hydrogen-bond acceptors (Lipinski definition) is 2. The van der Waals surface area contributed by atoms with Gasteiger partial charge in [-0.2, -0.15) is 0 Å². The Morgan fingerprint density at radius 3 is 2.88 bits per heavy atom. The second kappa shape index (κ2) is 4.39. The van der Waals surface area contributed by atoms with E-state index in [-0.39, 0.29) is 11.8 Å². The highest BCUT2D eigenvalue weighted by Crippen LogP contribution is 2.24. The summed E-state index contributed by atoms with van der Waals surface area (Å²) in [5, 5.41) is 3.89. The van der Waals surface area contributed by atoms with Gasteiger partial charge in [0.1, 0.15) is 11.3 Å². The summed E-state index contributed by atoms with van der Waals surface area (Å²) < 4.78 is 5.71. The van der Waals surface area contributed by atoms with Gasteiger partial charge in [-0.3, -0.25) is 4.79 Å². The largest absolute Gasteiger partial charge is 0.461 e. The van der Waals surface area contributed by atoms with E-state index in [1.807, 2.05) is 37.3 Å². The van der Waals surface area contributed by atoms with Gasteiger partial charge >= 0.3 is 0 Å². The number of hydrogen-bond donors (Lipinski definition) is 1. The van der Waals surface area contributed by atoms with Crippen LogP contribution in [-0.2, 0) is 4.79 Å². The van der Waals surface area contributed by atoms with Crippen molar-refractivity contribution in [3.63, 3.8) is 0 Å². The molecule has 3 nitrogen and oxygen atoms in total. The van der Waals surface area contributed by atoms with Crippen molar-refractivity contribution in [3.05, 3.63) is 36.1 Å². The van der Waals surface area contributed by atoms with Crippen molar-refractivity contribution in [2.24, 2.45) is 0 Å². The third-order valence-corrected chi connectivity index (χ3v) is 2.59. The van der Waals surface area contributed by atoms with E-state index in [4.69, 9.17) is 4.42 Å². The SMILES string of the molecule is CC(=O)NCC(C)c1cc2ccccc2o1. The molecule has 2 aromatic rings. The van der Waals surface area contributed by atoms with E-state index in [0.717, 1.165) is 16.7 Å². The standard InChI is InChI=1S/C13H15NO2/c1-9(8-14-10(2)15)13-7-11-5-3-4-6-12(11)16-13/h3-7,9H,8H2,1-2H3,(H,14,15). The molecule has 16 heavy (non-hydrogen) atoms. The van der Waals surface area contributed by atoms with Crippen molar-refractivity contribution in [1.29, 1.82) is 0 Å². The highest BCUT2D eigenvalue weighted by molar-refractivity contribution is 5.78. The van der Waals surface area contributed by atoms with Gasteiger partial charge in [-0.25, -0.2) is 0 Å². The van der Waals surface area contributed by atoms with Gasteiger partial charge in [0.15, 0.2) is 0 Å². The van der Waals surface area contributed by atoms with Crippen LogP contribution in [0.5, 0.6) is 0 Å². The molecule has 0 aliphatic carbocycles. The predicted octanol–water partition coefficient (Wildman–Crippen LogP) is 2.67. The van der Waals surface area contributed by atoms with Gasteiger partial charge in [-0.05, 0) is 12.1 Å². The van der Waals surface area contributed by atoms with E-state index in [2.05, 4.69) is 5.32 Å². The van der Waals surface area contributed by atoms with Crippen LogP contribution in [0.4, 0.5) is 0 Å². The number of rotatable bonds is 3. The van der Waals surface area contributed by atoms with Crippen molar-refractivity contribution >= 4 is 16.9 Å². The van der Waals surface area contributed by atoms with Crippen LogP contribution >= 0.6 is 0 Å². The number of carbonyl (C=O) groups is 1. The molecule has 1 amide bonds. The number of furan rings is 1. The van der Waals surface area contributed by atoms with Gasteiger partial charge < -0.3 is 9.73 Å². The Morgan fingerprint density at radius 2 is 2.19 bits per heavy atom. The number of fused-ring (bicyclic) bond motifs is 1. The quantitative estimate of drug-likeness (QED) is 0.858. The lowest BCUT2D eigenvalue weighted by molar-refractivity contribution is -0.119. The van der Waals surface area contributed by atoms with Gasteiger partial charge in [-0.15, -0.1) is 0 Å². The smallest absolute Gasteiger partial charge is 0.216 e. The Bertz CT molecular complexity index is 468. The maximum absolute atomic E-state index is 10.8. The molecular weight excluding hydrogens is 202 g/mol. The van der Waals surface area contributed by atoms with Gasteiger partial charge in [0, 0.05) is 24.8 Å². The number of nitrogens with one attached hydrogen (secondary N) is 1. The molecule has 1 aromatic heterocycles. The van der Waals surface area contributed by atoms with Crippen LogP contribution < -0.4 is 5.32 Å². The molecular formula is C13H15NO2. The monoisotopic (exact) mass is 217 g/mol. The Morgan fingerprint density at radius 1 is 1.44 bits per heavy atom. The molecule has 0 saturated heterocycles. The van der Waals surface area contributed by atoms with Crippen LogP contribution in [0.2, 0.25) is 0 Å². The van der Waals surface area contributed by atoms with Crippen molar-refractivity contribution in [1.82, 2.24) is 5.32 Å². The minimum absolute atomic E-state index is 0.0111. The van der Waals surface area contributed by atoms with Crippen LogP contribution in [0.25, 0.3) is 11.0 Å². The third-order valence-electron chi connectivity index (χ3n) is 2.59. The fourth-order valence-electron chi connectivity index (χ4n) is 1.64. The summed E-state index contributed by atoms with van der Waals surface area (Å²) in [7, 11) is 0. The van der Waals surface area contributed by atoms with E-state index in [1.165, 1.54) is 6.92 Å². The first-order valence-corrected chi connectivity index (χ1v) is 5.39. The zero-order valence-corrected chi connectivity index (χ0v) is 9.49. The molecule has 1 heterocycles. The highest BCUT2D eigenvalue weighted by Gasteiger charge is 2.11. The summed E-state index contributed by atoms with van der Waals surface area (Å²) in [6.07, 6.45) is 0. The van der Waals surface area contributed by atoms with Crippen molar-refractivity contribution < 1.29 is 9.21 Å². The van der Waals surface area contributed by atoms with E-state index in [1.54, 1.807) is 0 Å². The lowest BCUT2D eigenvalue weighted by Crippen LogP contribution is -2.24. The zero-order chi connectivity index (χ0) is 11.5. The van der Waals surface area contributed by atoms with Crippen LogP contribution in [0, 0.1) is 0 Å². The van der Waals surface area contributed by atoms with Gasteiger partial charge in [-0.1, -0.05) is 25.1 Å². The molecule has 1 N–H and O–H groups in total. The Hall–Kier alpha value is -1.77. The van der Waals surface area contributed by atoms with Crippen molar-refractivity contribution in [3.8, 4) is 0 Å². The summed E-state index contributed by atoms with van der Waals surface area (Å²) in [6, 6.07) is 9.94. The fourth-order valence-corrected chi connectivity index (χ4v) is 1.64. The van der Waals surface area contributed by atoms with Crippen LogP contribution in [0.1, 0.15) is 25.5 Å². The summed E-state index contributed by atoms with van der Waals surface area (Å²) in [6.45, 7) is 4.16. The predicted molar refractivity (Wildman–Crippen MR) is 63.3 cm³/mol. The molecule has 0 aliphatic heterocycles. The van der Waals surface area contributed by atoms with E-state index in [9.17, 15) is 4.79 Å². The third kappa shape index (κ3) is 2.24. The Labute approximate surface area is 94.4 Å². The second-order valence-corrected chi connectivity index (χ2v) is 4.02. The minimum atomic E-state index is -0.0111. The summed E-state index contributed by atoms with van der Waals surface area (Å²) in [4.78, 5) is 10.8. The Balaban J connectivity index is 2.16. The molecule has 84 valence electrons. The average molecular weight is 217 g/mol. The molecule has 0 saturated carbocycles. The molecule has 2 rings (SSSR count). The molecule has 1 unspecified atom stereocenters. The Kier molecular flexibility index (Phi) is 2.95. The minimum Gasteiger partial charge on any atom is -0.461 e. The number of para-hydroxylation sites is 1. The first kappa shape index (κ1) is 10.7. The summed E-state index contributed by atoms with van der Waals surface area (Å²) in [5.74, 6) is 1.09. The molecule has 0 spiro atoms. The molecule has 0 bridgehead atoms. The van der Waals surface area contributed by atoms with Gasteiger partial charge in [0.05, 0.1) is 0 Å². The highest BCUT2D eigenvalue weighted by atomic mass is 16.3. The van der Waals surface area contributed by atoms with Crippen LogP contribution in [0.15, 0.2) is 34.7 Å². The zero-order valence-electron chi connectivity index (χ0n) is 9.49. The lowest BCUT2D eigenvalue weighted by atomic mass is 10.1.